The summed E-state index contributed by atoms with van der Waals surface area (Å²) in [5.41, 5.74) is 0.156. The zero-order valence-electron chi connectivity index (χ0n) is 11.2. The molecule has 0 aliphatic carbocycles. The van der Waals surface area contributed by atoms with Gasteiger partial charge in [-0.15, -0.1) is 0 Å². The maximum Gasteiger partial charge on any atom is 0.287 e. The molecule has 6 nitrogen and oxygen atoms in total. The normalized spacial score (nSPS) is 12.4. The summed E-state index contributed by atoms with van der Waals surface area (Å²) in [5, 5.41) is 16.2. The molecule has 0 bridgehead atoms. The fraction of sp³-hybridized carbons (Fsp3) is 0.667. The van der Waals surface area contributed by atoms with Gasteiger partial charge in [-0.25, -0.2) is 4.68 Å². The predicted octanol–water partition coefficient (Wildman–Crippen LogP) is 1.12. The van der Waals surface area contributed by atoms with Gasteiger partial charge in [-0.05, 0) is 12.8 Å². The largest absolute Gasteiger partial charge is 0.396 e. The summed E-state index contributed by atoms with van der Waals surface area (Å²) in [5.74, 6) is 0. The minimum Gasteiger partial charge on any atom is -0.396 e. The van der Waals surface area contributed by atoms with Crippen LogP contribution < -0.4 is 10.9 Å². The van der Waals surface area contributed by atoms with Crippen molar-refractivity contribution in [1.82, 2.24) is 9.78 Å². The average molecular weight is 290 g/mol. The topological polar surface area (TPSA) is 76.4 Å². The van der Waals surface area contributed by atoms with Crippen LogP contribution in [0, 0.1) is 0 Å². The quantitative estimate of drug-likeness (QED) is 0.750. The van der Waals surface area contributed by atoms with Crippen LogP contribution in [0.5, 0.6) is 0 Å². The number of methoxy groups -OCH3 is 1. The van der Waals surface area contributed by atoms with Gasteiger partial charge < -0.3 is 15.2 Å². The summed E-state index contributed by atoms with van der Waals surface area (Å²) < 4.78 is 6.38. The van der Waals surface area contributed by atoms with Gasteiger partial charge in [0.2, 0.25) is 0 Å². The fourth-order valence-electron chi connectivity index (χ4n) is 1.71. The standard InChI is InChI=1S/C12H20ClN3O3/c1-3-5-16-12(18)11(13)10(7-14-16)15-9(4-6-17)8-19-2/h7,9,15,17H,3-6,8H2,1-2H3. The Hall–Kier alpha value is -1.11. The molecule has 1 unspecified atom stereocenters. The van der Waals surface area contributed by atoms with Crippen LogP contribution in [0.3, 0.4) is 0 Å². The lowest BCUT2D eigenvalue weighted by atomic mass is 10.2. The number of anilines is 1. The third-order valence-corrected chi connectivity index (χ3v) is 2.99. The number of hydrogen-bond donors (Lipinski definition) is 2. The summed E-state index contributed by atoms with van der Waals surface area (Å²) in [7, 11) is 1.57. The molecule has 0 aromatic carbocycles. The van der Waals surface area contributed by atoms with Crippen LogP contribution in [0.25, 0.3) is 0 Å². The first-order valence-electron chi connectivity index (χ1n) is 6.26. The molecule has 2 N–H and O–H groups in total. The van der Waals surface area contributed by atoms with E-state index in [9.17, 15) is 4.79 Å². The Morgan fingerprint density at radius 1 is 1.63 bits per heavy atom. The molecule has 1 atom stereocenters. The maximum atomic E-state index is 11.9. The third kappa shape index (κ3) is 4.49. The molecule has 19 heavy (non-hydrogen) atoms. The van der Waals surface area contributed by atoms with E-state index >= 15 is 0 Å². The lowest BCUT2D eigenvalue weighted by Crippen LogP contribution is -2.29. The van der Waals surface area contributed by atoms with E-state index in [0.717, 1.165) is 6.42 Å². The number of aromatic nitrogens is 2. The van der Waals surface area contributed by atoms with E-state index < -0.39 is 0 Å². The smallest absolute Gasteiger partial charge is 0.287 e. The average Bonchev–Trinajstić information content (AvgIpc) is 2.39. The highest BCUT2D eigenvalue weighted by Gasteiger charge is 2.13. The van der Waals surface area contributed by atoms with Crippen molar-refractivity contribution >= 4 is 17.3 Å². The Kier molecular flexibility index (Phi) is 6.83. The zero-order chi connectivity index (χ0) is 14.3. The van der Waals surface area contributed by atoms with E-state index in [-0.39, 0.29) is 23.2 Å². The Labute approximate surface area is 117 Å². The van der Waals surface area contributed by atoms with Gasteiger partial charge in [-0.3, -0.25) is 4.79 Å². The number of ether oxygens (including phenoxy) is 1. The number of nitrogens with one attached hydrogen (secondary N) is 1. The molecule has 0 saturated carbocycles. The molecule has 1 rings (SSSR count). The molecule has 108 valence electrons. The lowest BCUT2D eigenvalue weighted by molar-refractivity contribution is 0.170. The van der Waals surface area contributed by atoms with Gasteiger partial charge >= 0.3 is 0 Å². The van der Waals surface area contributed by atoms with Crippen molar-refractivity contribution in [3.05, 3.63) is 21.6 Å². The molecule has 0 aliphatic heterocycles. The van der Waals surface area contributed by atoms with E-state index in [2.05, 4.69) is 10.4 Å². The Morgan fingerprint density at radius 3 is 2.95 bits per heavy atom. The molecular formula is C12H20ClN3O3. The SMILES string of the molecule is CCCn1ncc(NC(CCO)COC)c(Cl)c1=O. The number of aryl methyl sites for hydroxylation is 1. The maximum absolute atomic E-state index is 11.9. The van der Waals surface area contributed by atoms with Gasteiger partial charge in [0, 0.05) is 20.3 Å². The molecule has 1 aromatic heterocycles. The second-order valence-corrected chi connectivity index (χ2v) is 4.59. The molecular weight excluding hydrogens is 270 g/mol. The van der Waals surface area contributed by atoms with E-state index in [1.807, 2.05) is 6.92 Å². The van der Waals surface area contributed by atoms with Crippen LogP contribution in [-0.2, 0) is 11.3 Å². The minimum absolute atomic E-state index is 0.0268. The second kappa shape index (κ2) is 8.14. The van der Waals surface area contributed by atoms with Gasteiger partial charge in [0.05, 0.1) is 24.5 Å². The predicted molar refractivity (Wildman–Crippen MR) is 74.8 cm³/mol. The third-order valence-electron chi connectivity index (χ3n) is 2.63. The molecule has 0 amide bonds. The van der Waals surface area contributed by atoms with Crippen molar-refractivity contribution < 1.29 is 9.84 Å². The first kappa shape index (κ1) is 15.9. The van der Waals surface area contributed by atoms with Gasteiger partial charge in [0.1, 0.15) is 5.02 Å². The number of halogens is 1. The highest BCUT2D eigenvalue weighted by molar-refractivity contribution is 6.32. The number of aliphatic hydroxyl groups is 1. The monoisotopic (exact) mass is 289 g/mol. The van der Waals surface area contributed by atoms with Crippen LogP contribution in [0.1, 0.15) is 19.8 Å². The van der Waals surface area contributed by atoms with Crippen molar-refractivity contribution in [2.24, 2.45) is 0 Å². The highest BCUT2D eigenvalue weighted by Crippen LogP contribution is 2.17. The Morgan fingerprint density at radius 2 is 2.37 bits per heavy atom. The number of aliphatic hydroxyl groups excluding tert-OH is 1. The molecule has 0 radical (unpaired) electrons. The Balaban J connectivity index is 2.89. The van der Waals surface area contributed by atoms with Gasteiger partial charge in [-0.2, -0.15) is 5.10 Å². The molecule has 0 saturated heterocycles. The van der Waals surface area contributed by atoms with Crippen molar-refractivity contribution in [2.75, 3.05) is 25.6 Å². The molecule has 1 heterocycles. The molecule has 0 fully saturated rings. The van der Waals surface area contributed by atoms with Gasteiger partial charge in [0.15, 0.2) is 0 Å². The van der Waals surface area contributed by atoms with Crippen molar-refractivity contribution in [1.29, 1.82) is 0 Å². The summed E-state index contributed by atoms with van der Waals surface area (Å²) >= 11 is 6.04. The van der Waals surface area contributed by atoms with Crippen LogP contribution >= 0.6 is 11.6 Å². The second-order valence-electron chi connectivity index (χ2n) is 4.21. The first-order valence-corrected chi connectivity index (χ1v) is 6.63. The van der Waals surface area contributed by atoms with Crippen LogP contribution in [0.2, 0.25) is 5.02 Å². The van der Waals surface area contributed by atoms with Crippen LogP contribution in [0.15, 0.2) is 11.0 Å². The number of hydrogen-bond acceptors (Lipinski definition) is 5. The van der Waals surface area contributed by atoms with Gasteiger partial charge in [-0.1, -0.05) is 18.5 Å². The number of nitrogens with zero attached hydrogens (tertiary/aromatic N) is 2. The summed E-state index contributed by atoms with van der Waals surface area (Å²) in [6, 6.07) is -0.115. The molecule has 0 aliphatic rings. The minimum atomic E-state index is -0.311. The summed E-state index contributed by atoms with van der Waals surface area (Å²) in [6.45, 7) is 2.94. The van der Waals surface area contributed by atoms with Crippen molar-refractivity contribution in [2.45, 2.75) is 32.4 Å². The van der Waals surface area contributed by atoms with Gasteiger partial charge in [0.25, 0.3) is 5.56 Å². The Bertz CT molecular complexity index is 444. The van der Waals surface area contributed by atoms with E-state index in [1.165, 1.54) is 10.9 Å². The lowest BCUT2D eigenvalue weighted by Gasteiger charge is -2.18. The highest BCUT2D eigenvalue weighted by atomic mass is 35.5. The molecule has 0 spiro atoms. The van der Waals surface area contributed by atoms with E-state index in [0.29, 0.717) is 25.3 Å². The summed E-state index contributed by atoms with van der Waals surface area (Å²) in [6.07, 6.45) is 2.84. The molecule has 7 heteroatoms. The van der Waals surface area contributed by atoms with Crippen molar-refractivity contribution in [3.63, 3.8) is 0 Å². The number of rotatable bonds is 8. The van der Waals surface area contributed by atoms with E-state index in [1.54, 1.807) is 7.11 Å². The van der Waals surface area contributed by atoms with E-state index in [4.69, 9.17) is 21.4 Å². The van der Waals surface area contributed by atoms with Crippen LogP contribution in [-0.4, -0.2) is 41.3 Å². The molecule has 1 aromatic rings. The van der Waals surface area contributed by atoms with Crippen LogP contribution in [0.4, 0.5) is 5.69 Å². The fourth-order valence-corrected chi connectivity index (χ4v) is 1.91. The zero-order valence-corrected chi connectivity index (χ0v) is 12.0. The van der Waals surface area contributed by atoms with Crippen molar-refractivity contribution in [3.8, 4) is 0 Å². The summed E-state index contributed by atoms with van der Waals surface area (Å²) in [4.78, 5) is 11.9. The first-order chi connectivity index (χ1) is 9.13.